The fourth-order valence-electron chi connectivity index (χ4n) is 12.7. The molecule has 236 valence electrons. The maximum atomic E-state index is 13.7. The summed E-state index contributed by atoms with van der Waals surface area (Å²) in [5.41, 5.74) is 4.47. The lowest BCUT2D eigenvalue weighted by atomic mass is 9.41. The van der Waals surface area contributed by atoms with Crippen LogP contribution in [0.2, 0.25) is 0 Å². The van der Waals surface area contributed by atoms with Crippen molar-refractivity contribution in [2.24, 2.45) is 62.1 Å². The Labute approximate surface area is 263 Å². The molecular weight excluding hydrogens is 524 g/mol. The minimum atomic E-state index is 0.0353. The van der Waals surface area contributed by atoms with Crippen molar-refractivity contribution in [2.75, 3.05) is 0 Å². The van der Waals surface area contributed by atoms with Gasteiger partial charge in [0.2, 0.25) is 0 Å². The fraction of sp³-hybridized carbons (Fsp3) is 0.732. The van der Waals surface area contributed by atoms with E-state index in [9.17, 15) is 9.90 Å². The van der Waals surface area contributed by atoms with Crippen LogP contribution in [0.4, 0.5) is 0 Å². The van der Waals surface area contributed by atoms with Gasteiger partial charge in [-0.1, -0.05) is 78.8 Å². The van der Waals surface area contributed by atoms with Crippen LogP contribution in [0.15, 0.2) is 42.5 Å². The highest BCUT2D eigenvalue weighted by atomic mass is 16.3. The quantitative estimate of drug-likeness (QED) is 0.244. The SMILES string of the molecule is C=C(C)C(C)(C)CC[C@@H](C)[C@H]1CC[C@@]2(C)C3CCC4C(C)(C)[C@@H](C(=O)/C=C/c5ccc(O)cc5)CC[C@@]45C[C@@]35CC[C@]12C. The van der Waals surface area contributed by atoms with Crippen LogP contribution in [-0.4, -0.2) is 10.9 Å². The van der Waals surface area contributed by atoms with Crippen LogP contribution in [0.3, 0.4) is 0 Å². The molecule has 0 aliphatic heterocycles. The standard InChI is InChI=1S/C41H60O2/c1-27(2)36(4,5)21-18-28(3)31-19-22-39(9)35-17-16-34-37(6,7)32(33(43)15-12-29-10-13-30(42)14-11-29)20-23-40(34)26-41(35,40)25-24-38(31,39)8/h10-15,28,31-32,34-35,42H,1,16-26H2,2-9H3/b15-12+/t28-,31-,32-,34?,35?,38-,39+,40-,41+/m1/s1. The van der Waals surface area contributed by atoms with Gasteiger partial charge in [0, 0.05) is 5.92 Å². The van der Waals surface area contributed by atoms with Crippen LogP contribution in [-0.2, 0) is 4.79 Å². The van der Waals surface area contributed by atoms with Gasteiger partial charge in [-0.15, -0.1) is 0 Å². The van der Waals surface area contributed by atoms with E-state index in [-0.39, 0.29) is 22.5 Å². The predicted molar refractivity (Wildman–Crippen MR) is 180 cm³/mol. The minimum absolute atomic E-state index is 0.0353. The molecular formula is C41H60O2. The molecule has 5 fully saturated rings. The van der Waals surface area contributed by atoms with Crippen LogP contribution < -0.4 is 0 Å². The number of carbonyl (C=O) groups is 1. The molecule has 0 heterocycles. The van der Waals surface area contributed by atoms with Gasteiger partial charge in [0.15, 0.2) is 5.78 Å². The number of hydrogen-bond donors (Lipinski definition) is 1. The summed E-state index contributed by atoms with van der Waals surface area (Å²) in [7, 11) is 0. The molecule has 0 saturated heterocycles. The molecule has 1 aromatic carbocycles. The summed E-state index contributed by atoms with van der Waals surface area (Å²) in [4.78, 5) is 13.7. The van der Waals surface area contributed by atoms with Crippen molar-refractivity contribution in [3.8, 4) is 5.75 Å². The third-order valence-electron chi connectivity index (χ3n) is 16.0. The molecule has 9 atom stereocenters. The van der Waals surface area contributed by atoms with Crippen molar-refractivity contribution in [2.45, 2.75) is 126 Å². The number of rotatable bonds is 8. The Bertz CT molecular complexity index is 1300. The van der Waals surface area contributed by atoms with Crippen molar-refractivity contribution in [3.05, 3.63) is 48.1 Å². The first-order valence-corrected chi connectivity index (χ1v) is 17.7. The van der Waals surface area contributed by atoms with E-state index in [1.807, 2.05) is 24.3 Å². The third kappa shape index (κ3) is 4.41. The van der Waals surface area contributed by atoms with Gasteiger partial charge < -0.3 is 5.11 Å². The summed E-state index contributed by atoms with van der Waals surface area (Å²) in [6.45, 7) is 24.2. The van der Waals surface area contributed by atoms with E-state index in [0.717, 1.165) is 29.7 Å². The Kier molecular flexibility index (Phi) is 7.31. The average molecular weight is 585 g/mol. The van der Waals surface area contributed by atoms with E-state index >= 15 is 0 Å². The second-order valence-corrected chi connectivity index (χ2v) is 18.1. The zero-order chi connectivity index (χ0) is 31.2. The number of allylic oxidation sites excluding steroid dienone is 2. The first-order valence-electron chi connectivity index (χ1n) is 17.7. The molecule has 0 bridgehead atoms. The lowest BCUT2D eigenvalue weighted by Crippen LogP contribution is -2.57. The first kappa shape index (κ1) is 31.2. The van der Waals surface area contributed by atoms with E-state index in [1.54, 1.807) is 12.1 Å². The number of fused-ring (bicyclic) bond motifs is 2. The Morgan fingerprint density at radius 1 is 0.953 bits per heavy atom. The summed E-state index contributed by atoms with van der Waals surface area (Å²) >= 11 is 0. The van der Waals surface area contributed by atoms with Crippen molar-refractivity contribution in [1.29, 1.82) is 0 Å². The topological polar surface area (TPSA) is 37.3 Å². The fourth-order valence-corrected chi connectivity index (χ4v) is 12.7. The van der Waals surface area contributed by atoms with Gasteiger partial charge >= 0.3 is 0 Å². The van der Waals surface area contributed by atoms with Crippen molar-refractivity contribution >= 4 is 11.9 Å². The first-order chi connectivity index (χ1) is 20.0. The molecule has 1 aromatic rings. The molecule has 2 nitrogen and oxygen atoms in total. The van der Waals surface area contributed by atoms with Gasteiger partial charge in [-0.05, 0) is 157 Å². The van der Waals surface area contributed by atoms with Gasteiger partial charge in [0.05, 0.1) is 0 Å². The van der Waals surface area contributed by atoms with Crippen molar-refractivity contribution in [1.82, 2.24) is 0 Å². The van der Waals surface area contributed by atoms with E-state index in [4.69, 9.17) is 0 Å². The Hall–Kier alpha value is -1.83. The molecule has 2 spiro atoms. The van der Waals surface area contributed by atoms with Crippen molar-refractivity contribution < 1.29 is 9.90 Å². The van der Waals surface area contributed by atoms with E-state index in [2.05, 4.69) is 62.0 Å². The molecule has 0 amide bonds. The lowest BCUT2D eigenvalue weighted by Gasteiger charge is -2.63. The summed E-state index contributed by atoms with van der Waals surface area (Å²) in [5.74, 6) is 3.81. The highest BCUT2D eigenvalue weighted by Crippen LogP contribution is 2.89. The van der Waals surface area contributed by atoms with Crippen molar-refractivity contribution in [3.63, 3.8) is 0 Å². The van der Waals surface area contributed by atoms with Crippen LogP contribution in [0.1, 0.15) is 132 Å². The monoisotopic (exact) mass is 584 g/mol. The molecule has 2 unspecified atom stereocenters. The molecule has 0 aromatic heterocycles. The molecule has 5 aliphatic carbocycles. The maximum Gasteiger partial charge on any atom is 0.159 e. The lowest BCUT2D eigenvalue weighted by molar-refractivity contribution is -0.156. The van der Waals surface area contributed by atoms with Crippen LogP contribution in [0.5, 0.6) is 5.75 Å². The molecule has 6 rings (SSSR count). The number of hydrogen-bond acceptors (Lipinski definition) is 2. The second-order valence-electron chi connectivity index (χ2n) is 18.1. The van der Waals surface area contributed by atoms with Gasteiger partial charge in [-0.2, -0.15) is 0 Å². The molecule has 5 aliphatic rings. The minimum Gasteiger partial charge on any atom is -0.508 e. The number of aromatic hydroxyl groups is 1. The largest absolute Gasteiger partial charge is 0.508 e. The predicted octanol–water partition coefficient (Wildman–Crippen LogP) is 11.0. The zero-order valence-corrected chi connectivity index (χ0v) is 28.7. The van der Waals surface area contributed by atoms with Crippen LogP contribution in [0.25, 0.3) is 6.08 Å². The Morgan fingerprint density at radius 3 is 2.28 bits per heavy atom. The second kappa shape index (κ2) is 10.1. The third-order valence-corrected chi connectivity index (χ3v) is 16.0. The normalized spacial score (nSPS) is 42.0. The van der Waals surface area contributed by atoms with Gasteiger partial charge in [-0.25, -0.2) is 0 Å². The molecule has 1 N–H and O–H groups in total. The molecule has 2 heteroatoms. The van der Waals surface area contributed by atoms with Gasteiger partial charge in [0.25, 0.3) is 0 Å². The number of ketones is 1. The van der Waals surface area contributed by atoms with Crippen LogP contribution >= 0.6 is 0 Å². The van der Waals surface area contributed by atoms with E-state index < -0.39 is 0 Å². The molecule has 5 saturated carbocycles. The number of carbonyl (C=O) groups excluding carboxylic acids is 1. The number of phenolic OH excluding ortho intramolecular Hbond substituents is 1. The highest BCUT2D eigenvalue weighted by Gasteiger charge is 2.82. The summed E-state index contributed by atoms with van der Waals surface area (Å²) in [6, 6.07) is 7.14. The van der Waals surface area contributed by atoms with E-state index in [1.165, 1.54) is 69.8 Å². The number of phenols is 1. The summed E-state index contributed by atoms with van der Waals surface area (Å²) in [5, 5.41) is 9.62. The van der Waals surface area contributed by atoms with Gasteiger partial charge in [0.1, 0.15) is 5.75 Å². The van der Waals surface area contributed by atoms with Crippen LogP contribution in [0, 0.1) is 62.1 Å². The average Bonchev–Trinajstić information content (AvgIpc) is 3.52. The Balaban J connectivity index is 1.19. The molecule has 0 radical (unpaired) electrons. The highest BCUT2D eigenvalue weighted by molar-refractivity contribution is 5.96. The van der Waals surface area contributed by atoms with Gasteiger partial charge in [-0.3, -0.25) is 4.79 Å². The summed E-state index contributed by atoms with van der Waals surface area (Å²) in [6.07, 6.45) is 18.4. The number of benzene rings is 1. The molecule has 43 heavy (non-hydrogen) atoms. The zero-order valence-electron chi connectivity index (χ0n) is 28.7. The summed E-state index contributed by atoms with van der Waals surface area (Å²) < 4.78 is 0. The maximum absolute atomic E-state index is 13.7. The Morgan fingerprint density at radius 2 is 1.60 bits per heavy atom. The van der Waals surface area contributed by atoms with E-state index in [0.29, 0.717) is 33.4 Å². The smallest absolute Gasteiger partial charge is 0.159 e.